The molecule has 272 valence electrons. The van der Waals surface area contributed by atoms with Gasteiger partial charge in [0.25, 0.3) is 11.1 Å². The molecule has 8 heterocycles. The van der Waals surface area contributed by atoms with Gasteiger partial charge in [-0.3, -0.25) is 29.3 Å². The third kappa shape index (κ3) is 9.02. The monoisotopic (exact) mass is 721 g/mol. The molecule has 12 nitrogen and oxygen atoms in total. The minimum Gasteiger partial charge on any atom is -0.328 e. The van der Waals surface area contributed by atoms with Crippen LogP contribution in [0.2, 0.25) is 0 Å². The number of Topliss-reactive ketones (excluding diaryl/α,β-unsaturated/α-hetero) is 1. The van der Waals surface area contributed by atoms with Crippen LogP contribution in [0.15, 0.2) is 87.5 Å². The first kappa shape index (κ1) is 36.1. The van der Waals surface area contributed by atoms with E-state index in [1.807, 2.05) is 33.4 Å². The van der Waals surface area contributed by atoms with Gasteiger partial charge in [-0.2, -0.15) is 0 Å². The largest absolute Gasteiger partial charge is 0.328 e. The van der Waals surface area contributed by atoms with Crippen molar-refractivity contribution >= 4 is 39.6 Å². The molecule has 5 aromatic heterocycles. The molecular weight excluding hydrogens is 675 g/mol. The Hall–Kier alpha value is -4.27. The Morgan fingerprint density at radius 1 is 0.712 bits per heavy atom. The smallest absolute Gasteiger partial charge is 0.251 e. The standard InChI is InChI=1S/C24H27N5O2S.C15H20N4O/c30-19-14-21-23(32-16-19)5-3-18(27-21)15-26-17-7-10-28(11-8-17)12-13-29-22-2-1-9-25-20(22)4-6-24(29)31;16-12-5-8-18(9-6-12)10-11-19-14-2-1-7-17-13(14)3-4-15(19)20/h1-6,9,17,26H,7-8,10-16H2;1-4,7,12H,5-6,8-11,16H2. The second kappa shape index (κ2) is 17.0. The fourth-order valence-electron chi connectivity index (χ4n) is 7.27. The van der Waals surface area contributed by atoms with E-state index in [1.54, 1.807) is 48.4 Å². The number of fused-ring (bicyclic) bond motifs is 3. The number of hydrogen-bond acceptors (Lipinski definition) is 11. The number of nitrogens with zero attached hydrogens (tertiary/aromatic N) is 7. The summed E-state index contributed by atoms with van der Waals surface area (Å²) < 4.78 is 3.65. The van der Waals surface area contributed by atoms with E-state index in [0.717, 1.165) is 110 Å². The van der Waals surface area contributed by atoms with Gasteiger partial charge < -0.3 is 30.0 Å². The molecule has 0 aliphatic carbocycles. The van der Waals surface area contributed by atoms with Crippen molar-refractivity contribution in [3.05, 3.63) is 105 Å². The van der Waals surface area contributed by atoms with Gasteiger partial charge in [0.05, 0.1) is 45.6 Å². The number of nitrogens with two attached hydrogens (primary N) is 1. The van der Waals surface area contributed by atoms with Gasteiger partial charge in [-0.25, -0.2) is 0 Å². The number of piperidine rings is 2. The van der Waals surface area contributed by atoms with Crippen LogP contribution in [0.3, 0.4) is 0 Å². The minimum atomic E-state index is 0.0275. The van der Waals surface area contributed by atoms with Crippen molar-refractivity contribution in [3.8, 4) is 0 Å². The van der Waals surface area contributed by atoms with Crippen LogP contribution in [-0.2, 0) is 30.8 Å². The topological polar surface area (TPSA) is 144 Å². The van der Waals surface area contributed by atoms with Crippen LogP contribution >= 0.6 is 11.8 Å². The minimum absolute atomic E-state index is 0.0275. The number of likely N-dealkylation sites (tertiary alicyclic amines) is 2. The summed E-state index contributed by atoms with van der Waals surface area (Å²) >= 11 is 1.59. The first-order valence-corrected chi connectivity index (χ1v) is 19.3. The van der Waals surface area contributed by atoms with Crippen LogP contribution in [0.25, 0.3) is 22.1 Å². The molecule has 3 aliphatic rings. The Bertz CT molecular complexity index is 2120. The van der Waals surface area contributed by atoms with E-state index in [2.05, 4.69) is 37.2 Å². The molecule has 0 unspecified atom stereocenters. The molecule has 2 fully saturated rings. The van der Waals surface area contributed by atoms with Crippen LogP contribution in [0.5, 0.6) is 0 Å². The van der Waals surface area contributed by atoms with Gasteiger partial charge in [-0.05, 0) is 100 Å². The van der Waals surface area contributed by atoms with E-state index in [1.165, 1.54) is 0 Å². The zero-order valence-electron chi connectivity index (χ0n) is 29.5. The molecule has 13 heteroatoms. The molecular formula is C39H47N9O3S. The summed E-state index contributed by atoms with van der Waals surface area (Å²) in [6.45, 7) is 7.94. The summed E-state index contributed by atoms with van der Waals surface area (Å²) in [5.74, 6) is 0.825. The van der Waals surface area contributed by atoms with Crippen LogP contribution in [0, 0.1) is 0 Å². The number of rotatable bonds is 9. The van der Waals surface area contributed by atoms with E-state index in [4.69, 9.17) is 10.7 Å². The van der Waals surface area contributed by atoms with Gasteiger partial charge in [0, 0.05) is 74.2 Å². The molecule has 0 bridgehead atoms. The molecule has 0 saturated carbocycles. The van der Waals surface area contributed by atoms with Gasteiger partial charge in [-0.15, -0.1) is 11.8 Å². The average molecular weight is 722 g/mol. The maximum Gasteiger partial charge on any atom is 0.251 e. The lowest BCUT2D eigenvalue weighted by atomic mass is 10.0. The lowest BCUT2D eigenvalue weighted by Gasteiger charge is -2.32. The number of hydrogen-bond donors (Lipinski definition) is 2. The first-order chi connectivity index (χ1) is 25.4. The summed E-state index contributed by atoms with van der Waals surface area (Å²) in [5, 5.41) is 3.64. The van der Waals surface area contributed by atoms with Crippen molar-refractivity contribution in [2.45, 2.75) is 68.7 Å². The number of nitrogens with one attached hydrogen (secondary N) is 1. The second-order valence-electron chi connectivity index (χ2n) is 13.9. The summed E-state index contributed by atoms with van der Waals surface area (Å²) in [4.78, 5) is 55.4. The SMILES string of the molecule is NC1CCN(CCn2c(=O)ccc3ncccc32)CC1.O=C1CSc2ccc(CNC3CCN(CCn4c(=O)ccc5ncccc54)CC3)nc2C1. The summed E-state index contributed by atoms with van der Waals surface area (Å²) in [6, 6.07) is 19.4. The van der Waals surface area contributed by atoms with Crippen molar-refractivity contribution < 1.29 is 4.79 Å². The third-order valence-electron chi connectivity index (χ3n) is 10.3. The van der Waals surface area contributed by atoms with Crippen molar-refractivity contribution in [2.75, 3.05) is 45.0 Å². The van der Waals surface area contributed by atoms with Gasteiger partial charge in [-0.1, -0.05) is 0 Å². The maximum absolute atomic E-state index is 12.4. The molecule has 0 atom stereocenters. The van der Waals surface area contributed by atoms with Crippen molar-refractivity contribution in [3.63, 3.8) is 0 Å². The average Bonchev–Trinajstić information content (AvgIpc) is 3.17. The van der Waals surface area contributed by atoms with Gasteiger partial charge in [0.1, 0.15) is 5.78 Å². The Labute approximate surface area is 307 Å². The second-order valence-corrected chi connectivity index (χ2v) is 14.9. The third-order valence-corrected chi connectivity index (χ3v) is 11.5. The van der Waals surface area contributed by atoms with E-state index in [0.29, 0.717) is 37.3 Å². The molecule has 5 aromatic rings. The van der Waals surface area contributed by atoms with Gasteiger partial charge in [0.2, 0.25) is 0 Å². The van der Waals surface area contributed by atoms with E-state index >= 15 is 0 Å². The zero-order chi connectivity index (χ0) is 35.9. The Balaban J connectivity index is 0.000000180. The van der Waals surface area contributed by atoms with Crippen LogP contribution in [-0.4, -0.2) is 96.8 Å². The number of carbonyl (C=O) groups excluding carboxylic acids is 1. The highest BCUT2D eigenvalue weighted by Gasteiger charge is 2.21. The molecule has 3 N–H and O–H groups in total. The summed E-state index contributed by atoms with van der Waals surface area (Å²) in [6.07, 6.45) is 8.22. The predicted octanol–water partition coefficient (Wildman–Crippen LogP) is 3.08. The molecule has 3 aliphatic heterocycles. The Kier molecular flexibility index (Phi) is 11.8. The number of aromatic nitrogens is 5. The molecule has 0 aromatic carbocycles. The number of carbonyl (C=O) groups is 1. The quantitative estimate of drug-likeness (QED) is 0.232. The van der Waals surface area contributed by atoms with Gasteiger partial charge >= 0.3 is 0 Å². The van der Waals surface area contributed by atoms with Crippen molar-refractivity contribution in [1.29, 1.82) is 0 Å². The van der Waals surface area contributed by atoms with E-state index < -0.39 is 0 Å². The van der Waals surface area contributed by atoms with Crippen LogP contribution < -0.4 is 22.2 Å². The molecule has 0 radical (unpaired) electrons. The molecule has 8 rings (SSSR count). The number of pyridine rings is 5. The van der Waals surface area contributed by atoms with Gasteiger partial charge in [0.15, 0.2) is 0 Å². The Morgan fingerprint density at radius 2 is 1.29 bits per heavy atom. The zero-order valence-corrected chi connectivity index (χ0v) is 30.3. The lowest BCUT2D eigenvalue weighted by molar-refractivity contribution is -0.116. The fraction of sp³-hybridized carbons (Fsp3) is 0.436. The lowest BCUT2D eigenvalue weighted by Crippen LogP contribution is -2.43. The van der Waals surface area contributed by atoms with Crippen LogP contribution in [0.4, 0.5) is 0 Å². The molecule has 0 amide bonds. The normalized spacial score (nSPS) is 17.6. The first-order valence-electron chi connectivity index (χ1n) is 18.4. The molecule has 0 spiro atoms. The van der Waals surface area contributed by atoms with Crippen molar-refractivity contribution in [1.82, 2.24) is 39.2 Å². The van der Waals surface area contributed by atoms with E-state index in [9.17, 15) is 14.4 Å². The highest BCUT2D eigenvalue weighted by atomic mass is 32.2. The number of ketones is 1. The molecule has 52 heavy (non-hydrogen) atoms. The van der Waals surface area contributed by atoms with Crippen molar-refractivity contribution in [2.24, 2.45) is 5.73 Å². The highest BCUT2D eigenvalue weighted by Crippen LogP contribution is 2.27. The van der Waals surface area contributed by atoms with E-state index in [-0.39, 0.29) is 16.9 Å². The summed E-state index contributed by atoms with van der Waals surface area (Å²) in [7, 11) is 0. The molecule has 2 saturated heterocycles. The Morgan fingerprint density at radius 3 is 1.88 bits per heavy atom. The maximum atomic E-state index is 12.4. The highest BCUT2D eigenvalue weighted by molar-refractivity contribution is 8.00. The van der Waals surface area contributed by atoms with Crippen LogP contribution in [0.1, 0.15) is 37.1 Å². The number of thioether (sulfide) groups is 1. The fourth-order valence-corrected chi connectivity index (χ4v) is 8.13. The summed E-state index contributed by atoms with van der Waals surface area (Å²) in [5.41, 5.74) is 11.4. The predicted molar refractivity (Wildman–Crippen MR) is 206 cm³/mol.